The third-order valence-electron chi connectivity index (χ3n) is 1.79. The van der Waals surface area contributed by atoms with E-state index in [-0.39, 0.29) is 0 Å². The molecule has 0 aliphatic rings. The zero-order valence-corrected chi connectivity index (χ0v) is 10.9. The van der Waals surface area contributed by atoms with E-state index in [0.29, 0.717) is 0 Å². The average Bonchev–Trinajstić information content (AvgIpc) is 2.12. The number of hydrogen-bond donors (Lipinski definition) is 1. The monoisotopic (exact) mass is 222 g/mol. The lowest BCUT2D eigenvalue weighted by Gasteiger charge is -2.26. The molecule has 0 rings (SSSR count). The fourth-order valence-electron chi connectivity index (χ4n) is 1.03. The zero-order chi connectivity index (χ0) is 10.2. The highest BCUT2D eigenvalue weighted by Crippen LogP contribution is 2.14. The van der Waals surface area contributed by atoms with Gasteiger partial charge >= 0.3 is 8.56 Å². The van der Waals surface area contributed by atoms with E-state index in [4.69, 9.17) is 8.85 Å². The van der Waals surface area contributed by atoms with Gasteiger partial charge in [0.15, 0.2) is 0 Å². The van der Waals surface area contributed by atoms with Crippen LogP contribution in [0.5, 0.6) is 0 Å². The molecule has 0 bridgehead atoms. The summed E-state index contributed by atoms with van der Waals surface area (Å²) in [7, 11) is -1.87. The van der Waals surface area contributed by atoms with E-state index in [1.807, 2.05) is 0 Å². The molecule has 4 heteroatoms. The first kappa shape index (κ1) is 13.5. The van der Waals surface area contributed by atoms with Crippen LogP contribution in [0.1, 0.15) is 26.7 Å². The largest absolute Gasteiger partial charge is 0.394 e. The van der Waals surface area contributed by atoms with Crippen LogP contribution < -0.4 is 0 Å². The lowest BCUT2D eigenvalue weighted by Crippen LogP contribution is -2.39. The summed E-state index contributed by atoms with van der Waals surface area (Å²) in [5.41, 5.74) is 0. The molecule has 0 aliphatic carbocycles. The van der Waals surface area contributed by atoms with Crippen LogP contribution in [0.2, 0.25) is 12.6 Å². The van der Waals surface area contributed by atoms with Gasteiger partial charge in [-0.05, 0) is 31.2 Å². The molecule has 13 heavy (non-hydrogen) atoms. The summed E-state index contributed by atoms with van der Waals surface area (Å²) in [6.45, 7) is 8.01. The van der Waals surface area contributed by atoms with Gasteiger partial charge in [0.1, 0.15) is 0 Å². The molecule has 0 aliphatic heterocycles. The third-order valence-corrected chi connectivity index (χ3v) is 5.22. The van der Waals surface area contributed by atoms with Gasteiger partial charge in [-0.3, -0.25) is 0 Å². The Kier molecular flexibility index (Phi) is 8.14. The molecule has 0 amide bonds. The molecule has 0 aromatic rings. The van der Waals surface area contributed by atoms with Crippen molar-refractivity contribution in [3.05, 3.63) is 0 Å². The maximum Gasteiger partial charge on any atom is 0.335 e. The predicted octanol–water partition coefficient (Wildman–Crippen LogP) is 2.84. The van der Waals surface area contributed by atoms with Crippen molar-refractivity contribution in [3.63, 3.8) is 0 Å². The Labute approximate surface area is 88.7 Å². The molecule has 0 fully saturated rings. The highest BCUT2D eigenvalue weighted by atomic mass is 32.1. The average molecular weight is 222 g/mol. The molecule has 0 N–H and O–H groups in total. The van der Waals surface area contributed by atoms with Crippen LogP contribution in [0.3, 0.4) is 0 Å². The molecule has 0 saturated carbocycles. The summed E-state index contributed by atoms with van der Waals surface area (Å²) >= 11 is 4.23. The minimum atomic E-state index is -1.87. The quantitative estimate of drug-likeness (QED) is 0.503. The molecule has 0 unspecified atom stereocenters. The van der Waals surface area contributed by atoms with Crippen molar-refractivity contribution in [2.24, 2.45) is 0 Å². The lowest BCUT2D eigenvalue weighted by atomic mass is 10.5. The van der Waals surface area contributed by atoms with E-state index in [9.17, 15) is 0 Å². The Hall–Kier alpha value is 0.487. The molecule has 0 spiro atoms. The Morgan fingerprint density at radius 1 is 1.08 bits per heavy atom. The Morgan fingerprint density at radius 2 is 1.54 bits per heavy atom. The summed E-state index contributed by atoms with van der Waals surface area (Å²) in [6, 6.07) is 0.982. The molecular formula is C9H22O2SSi. The van der Waals surface area contributed by atoms with Crippen molar-refractivity contribution in [3.8, 4) is 0 Å². The molecule has 0 heterocycles. The van der Waals surface area contributed by atoms with Crippen molar-refractivity contribution < 1.29 is 8.85 Å². The van der Waals surface area contributed by atoms with Crippen LogP contribution in [0, 0.1) is 0 Å². The van der Waals surface area contributed by atoms with Crippen molar-refractivity contribution in [2.75, 3.05) is 19.0 Å². The second-order valence-electron chi connectivity index (χ2n) is 3.30. The summed E-state index contributed by atoms with van der Waals surface area (Å²) in [4.78, 5) is 0. The van der Waals surface area contributed by atoms with E-state index in [1.54, 1.807) is 0 Å². The first-order chi connectivity index (χ1) is 6.18. The smallest absolute Gasteiger partial charge is 0.335 e. The molecule has 2 nitrogen and oxygen atoms in total. The van der Waals surface area contributed by atoms with Gasteiger partial charge in [-0.1, -0.05) is 13.8 Å². The minimum absolute atomic E-state index is 0.820. The van der Waals surface area contributed by atoms with Crippen LogP contribution in [0.25, 0.3) is 0 Å². The minimum Gasteiger partial charge on any atom is -0.394 e. The van der Waals surface area contributed by atoms with Crippen LogP contribution >= 0.6 is 12.6 Å². The standard InChI is InChI=1S/C9H22O2SSi/c1-4-6-10-13(3,9-8-12)11-7-5-2/h12H,4-9H2,1-3H3. The van der Waals surface area contributed by atoms with Gasteiger partial charge in [-0.15, -0.1) is 0 Å². The zero-order valence-electron chi connectivity index (χ0n) is 9.01. The van der Waals surface area contributed by atoms with E-state index in [0.717, 1.165) is 37.9 Å². The first-order valence-electron chi connectivity index (χ1n) is 5.07. The van der Waals surface area contributed by atoms with E-state index >= 15 is 0 Å². The van der Waals surface area contributed by atoms with Crippen molar-refractivity contribution in [1.29, 1.82) is 0 Å². The number of rotatable bonds is 8. The van der Waals surface area contributed by atoms with Gasteiger partial charge in [-0.25, -0.2) is 0 Å². The van der Waals surface area contributed by atoms with Crippen LogP contribution in [0.15, 0.2) is 0 Å². The Balaban J connectivity index is 3.84. The van der Waals surface area contributed by atoms with Gasteiger partial charge in [0.2, 0.25) is 0 Å². The fourth-order valence-corrected chi connectivity index (χ4v) is 4.29. The summed E-state index contributed by atoms with van der Waals surface area (Å²) in [5.74, 6) is 0.857. The van der Waals surface area contributed by atoms with Gasteiger partial charge in [-0.2, -0.15) is 12.6 Å². The maximum atomic E-state index is 5.79. The highest BCUT2D eigenvalue weighted by Gasteiger charge is 2.29. The first-order valence-corrected chi connectivity index (χ1v) is 8.23. The Bertz CT molecular complexity index is 114. The number of thiol groups is 1. The van der Waals surface area contributed by atoms with Crippen molar-refractivity contribution in [1.82, 2.24) is 0 Å². The molecule has 80 valence electrons. The molecule has 0 aromatic carbocycles. The molecule has 0 atom stereocenters. The van der Waals surface area contributed by atoms with Crippen molar-refractivity contribution >= 4 is 21.2 Å². The molecule has 0 radical (unpaired) electrons. The fraction of sp³-hybridized carbons (Fsp3) is 1.00. The number of hydrogen-bond acceptors (Lipinski definition) is 3. The van der Waals surface area contributed by atoms with E-state index < -0.39 is 8.56 Å². The molecule has 0 aromatic heterocycles. The van der Waals surface area contributed by atoms with Gasteiger partial charge < -0.3 is 8.85 Å². The lowest BCUT2D eigenvalue weighted by molar-refractivity contribution is 0.174. The Morgan fingerprint density at radius 3 is 1.85 bits per heavy atom. The van der Waals surface area contributed by atoms with E-state index in [2.05, 4.69) is 33.0 Å². The molecule has 0 saturated heterocycles. The third kappa shape index (κ3) is 6.54. The second kappa shape index (κ2) is 7.85. The van der Waals surface area contributed by atoms with Crippen molar-refractivity contribution in [2.45, 2.75) is 39.3 Å². The van der Waals surface area contributed by atoms with Crippen LogP contribution in [0.4, 0.5) is 0 Å². The van der Waals surface area contributed by atoms with E-state index in [1.165, 1.54) is 0 Å². The van der Waals surface area contributed by atoms with Crippen LogP contribution in [-0.2, 0) is 8.85 Å². The van der Waals surface area contributed by atoms with Gasteiger partial charge in [0, 0.05) is 13.2 Å². The topological polar surface area (TPSA) is 18.5 Å². The summed E-state index contributed by atoms with van der Waals surface area (Å²) < 4.78 is 11.6. The predicted molar refractivity (Wildman–Crippen MR) is 62.8 cm³/mol. The summed E-state index contributed by atoms with van der Waals surface area (Å²) in [6.07, 6.45) is 2.12. The van der Waals surface area contributed by atoms with Gasteiger partial charge in [0.05, 0.1) is 0 Å². The van der Waals surface area contributed by atoms with Gasteiger partial charge in [0.25, 0.3) is 0 Å². The maximum absolute atomic E-state index is 5.79. The SMILES string of the molecule is CCCO[Si](C)(CCS)OCCC. The highest BCUT2D eigenvalue weighted by molar-refractivity contribution is 7.80. The summed E-state index contributed by atoms with van der Waals surface area (Å²) in [5, 5.41) is 0. The van der Waals surface area contributed by atoms with Crippen LogP contribution in [-0.4, -0.2) is 27.5 Å². The normalized spacial score (nSPS) is 12.0. The second-order valence-corrected chi connectivity index (χ2v) is 7.10. The molecular weight excluding hydrogens is 200 g/mol.